The van der Waals surface area contributed by atoms with Crippen molar-refractivity contribution in [3.05, 3.63) is 136 Å². The number of amides is 1. The van der Waals surface area contributed by atoms with Gasteiger partial charge in [0.05, 0.1) is 43.7 Å². The number of anilines is 1. The van der Waals surface area contributed by atoms with Crippen LogP contribution in [-0.4, -0.2) is 58.8 Å². The molecule has 3 aromatic carbocycles. The Balaban J connectivity index is 1.26. The maximum absolute atomic E-state index is 16.5. The minimum Gasteiger partial charge on any atom is -0.491 e. The molecule has 5 atom stereocenters. The Morgan fingerprint density at radius 3 is 2.43 bits per heavy atom. The zero-order valence-electron chi connectivity index (χ0n) is 29.1. The molecule has 2 aliphatic rings. The van der Waals surface area contributed by atoms with Crippen LogP contribution in [0.2, 0.25) is 18.6 Å². The number of carbonyl (C=O) groups is 1. The predicted octanol–water partition coefficient (Wildman–Crippen LogP) is 5.97. The number of hydrogen-bond acceptors (Lipinski definition) is 7. The molecule has 2 aliphatic heterocycles. The lowest BCUT2D eigenvalue weighted by Crippen LogP contribution is -2.45. The van der Waals surface area contributed by atoms with Crippen molar-refractivity contribution in [2.45, 2.75) is 62.7 Å². The van der Waals surface area contributed by atoms with E-state index in [1.165, 1.54) is 11.7 Å². The Labute approximate surface area is 297 Å². The number of aryl methyl sites for hydroxylation is 1. The molecule has 0 aliphatic carbocycles. The molecule has 0 saturated carbocycles. The van der Waals surface area contributed by atoms with Gasteiger partial charge in [0, 0.05) is 41.6 Å². The number of aromatic nitrogens is 4. The molecule has 1 N–H and O–H groups in total. The number of pyridine rings is 1. The summed E-state index contributed by atoms with van der Waals surface area (Å²) in [4.78, 5) is 29.9. The first-order valence-corrected chi connectivity index (χ1v) is 20.2. The van der Waals surface area contributed by atoms with Gasteiger partial charge in [0.25, 0.3) is 11.5 Å². The van der Waals surface area contributed by atoms with Crippen LogP contribution in [0.5, 0.6) is 5.75 Å². The van der Waals surface area contributed by atoms with Crippen molar-refractivity contribution in [2.75, 3.05) is 18.6 Å². The number of carbonyl (C=O) groups excluding carboxylic acids is 1. The van der Waals surface area contributed by atoms with E-state index in [9.17, 15) is 14.7 Å². The van der Waals surface area contributed by atoms with E-state index in [1.807, 2.05) is 92.0 Å². The second kappa shape index (κ2) is 13.7. The van der Waals surface area contributed by atoms with Gasteiger partial charge in [0.2, 0.25) is 8.41 Å². The third kappa shape index (κ3) is 6.11. The van der Waals surface area contributed by atoms with Crippen molar-refractivity contribution in [1.29, 1.82) is 0 Å². The monoisotopic (exact) mass is 707 g/mol. The molecule has 1 fully saturated rings. The molecule has 51 heavy (non-hydrogen) atoms. The largest absolute Gasteiger partial charge is 0.491 e. The van der Waals surface area contributed by atoms with E-state index < -0.39 is 31.6 Å². The van der Waals surface area contributed by atoms with Gasteiger partial charge in [0.15, 0.2) is 11.4 Å². The van der Waals surface area contributed by atoms with Crippen LogP contribution in [0.3, 0.4) is 0 Å². The molecule has 0 bridgehead atoms. The van der Waals surface area contributed by atoms with E-state index in [4.69, 9.17) is 9.47 Å². The van der Waals surface area contributed by atoms with Gasteiger partial charge in [-0.05, 0) is 61.0 Å². The molecular formula is C39H42FN5O5Si. The quantitative estimate of drug-likeness (QED) is 0.133. The minimum atomic E-state index is -3.44. The van der Waals surface area contributed by atoms with E-state index >= 15 is 4.11 Å². The van der Waals surface area contributed by atoms with Crippen molar-refractivity contribution in [3.8, 4) is 11.4 Å². The zero-order valence-corrected chi connectivity index (χ0v) is 30.1. The van der Waals surface area contributed by atoms with E-state index in [1.54, 1.807) is 41.0 Å². The standard InChI is InChI=1S/C39H42FN5O5Si/c1-26-36(51(3,4)40)34(19-21-43-24-32(41-42-43)30(25-46)28-14-9-6-10-15-28)50-39(26)31-22-29(44-20-11-16-35(49-2)37(44)47)17-18-33(31)45(38(39)48)23-27-12-7-5-8-13-27/h5-18,20,22,24,26,30,34,36,46H,19,21,23,25H2,1-4H3/t26-,30?,34+,36-,39+/m0/s1. The van der Waals surface area contributed by atoms with Crippen molar-refractivity contribution in [2.24, 2.45) is 5.92 Å². The first-order valence-electron chi connectivity index (χ1n) is 17.3. The Kier molecular flexibility index (Phi) is 9.25. The van der Waals surface area contributed by atoms with Crippen molar-refractivity contribution >= 4 is 20.0 Å². The topological polar surface area (TPSA) is 112 Å². The molecule has 2 aromatic heterocycles. The highest BCUT2D eigenvalue weighted by Gasteiger charge is 2.66. The van der Waals surface area contributed by atoms with Crippen LogP contribution < -0.4 is 15.2 Å². The third-order valence-corrected chi connectivity index (χ3v) is 12.9. The van der Waals surface area contributed by atoms with Crippen LogP contribution >= 0.6 is 0 Å². The van der Waals surface area contributed by atoms with E-state index in [2.05, 4.69) is 10.3 Å². The van der Waals surface area contributed by atoms with Gasteiger partial charge in [-0.15, -0.1) is 5.10 Å². The maximum Gasteiger partial charge on any atom is 0.297 e. The number of ether oxygens (including phenoxy) is 2. The molecular weight excluding hydrogens is 666 g/mol. The summed E-state index contributed by atoms with van der Waals surface area (Å²) < 4.78 is 32.0. The lowest BCUT2D eigenvalue weighted by atomic mass is 9.82. The summed E-state index contributed by atoms with van der Waals surface area (Å²) in [5, 5.41) is 18.9. The first kappa shape index (κ1) is 34.5. The van der Waals surface area contributed by atoms with Gasteiger partial charge in [-0.1, -0.05) is 72.8 Å². The summed E-state index contributed by atoms with van der Waals surface area (Å²) in [7, 11) is -1.99. The van der Waals surface area contributed by atoms with Crippen molar-refractivity contribution in [3.63, 3.8) is 0 Å². The predicted molar refractivity (Wildman–Crippen MR) is 194 cm³/mol. The van der Waals surface area contributed by atoms with E-state index in [0.717, 1.165) is 11.1 Å². The van der Waals surface area contributed by atoms with Gasteiger partial charge < -0.3 is 23.6 Å². The summed E-state index contributed by atoms with van der Waals surface area (Å²) >= 11 is 0. The normalized spacial score (nSPS) is 22.0. The molecule has 7 rings (SSSR count). The fraction of sp³-hybridized carbons (Fsp3) is 0.333. The van der Waals surface area contributed by atoms with Crippen molar-refractivity contribution in [1.82, 2.24) is 19.6 Å². The van der Waals surface area contributed by atoms with Gasteiger partial charge in [-0.2, -0.15) is 0 Å². The third-order valence-electron chi connectivity index (χ3n) is 10.5. The highest BCUT2D eigenvalue weighted by Crippen LogP contribution is 2.60. The Hall–Kier alpha value is -4.91. The molecule has 1 unspecified atom stereocenters. The fourth-order valence-electron chi connectivity index (χ4n) is 8.11. The maximum atomic E-state index is 16.5. The number of halogens is 1. The lowest BCUT2D eigenvalue weighted by Gasteiger charge is -2.31. The van der Waals surface area contributed by atoms with Crippen LogP contribution in [0, 0.1) is 5.92 Å². The number of aliphatic hydroxyl groups excluding tert-OH is 1. The molecule has 4 heterocycles. The molecule has 5 aromatic rings. The number of aliphatic hydroxyl groups is 1. The number of nitrogens with zero attached hydrogens (tertiary/aromatic N) is 5. The average molecular weight is 708 g/mol. The van der Waals surface area contributed by atoms with Crippen LogP contribution in [0.1, 0.15) is 41.6 Å². The molecule has 264 valence electrons. The number of benzene rings is 3. The SMILES string of the molecule is COc1cccn(-c2ccc3c(c2)[C@@]2(O[C@H](CCn4cc(C(CO)c5ccccc5)nn4)[C@@H]([Si](C)(C)F)[C@@H]2C)C(=O)N3Cc2ccccc2)c1=O. The fourth-order valence-corrected chi connectivity index (χ4v) is 10.7. The summed E-state index contributed by atoms with van der Waals surface area (Å²) in [5.74, 6) is -0.894. The van der Waals surface area contributed by atoms with E-state index in [0.29, 0.717) is 42.1 Å². The second-order valence-corrected chi connectivity index (χ2v) is 17.7. The van der Waals surface area contributed by atoms with Crippen LogP contribution in [0.25, 0.3) is 5.69 Å². The van der Waals surface area contributed by atoms with Gasteiger partial charge in [0.1, 0.15) is 0 Å². The summed E-state index contributed by atoms with van der Waals surface area (Å²) in [5.41, 5.74) is 2.01. The second-order valence-electron chi connectivity index (χ2n) is 13.9. The molecule has 0 radical (unpaired) electrons. The van der Waals surface area contributed by atoms with Gasteiger partial charge in [-0.3, -0.25) is 18.8 Å². The summed E-state index contributed by atoms with van der Waals surface area (Å²) in [6.07, 6.45) is 3.26. The number of hydrogen-bond donors (Lipinski definition) is 1. The Morgan fingerprint density at radius 1 is 1.02 bits per heavy atom. The molecule has 1 saturated heterocycles. The molecule has 1 spiro atoms. The Bertz CT molecular complexity index is 2090. The molecule has 10 nitrogen and oxygen atoms in total. The minimum absolute atomic E-state index is 0.122. The summed E-state index contributed by atoms with van der Waals surface area (Å²) in [6.45, 7) is 5.85. The first-order chi connectivity index (χ1) is 24.6. The van der Waals surface area contributed by atoms with Crippen LogP contribution in [-0.2, 0) is 28.2 Å². The number of fused-ring (bicyclic) bond motifs is 2. The summed E-state index contributed by atoms with van der Waals surface area (Å²) in [6, 6.07) is 28.2. The molecule has 12 heteroatoms. The van der Waals surface area contributed by atoms with Gasteiger partial charge in [-0.25, -0.2) is 0 Å². The van der Waals surface area contributed by atoms with Crippen LogP contribution in [0.4, 0.5) is 9.80 Å². The highest BCUT2D eigenvalue weighted by molar-refractivity contribution is 6.72. The number of methoxy groups -OCH3 is 1. The average Bonchev–Trinajstić information content (AvgIpc) is 3.78. The Morgan fingerprint density at radius 2 is 1.75 bits per heavy atom. The van der Waals surface area contributed by atoms with Gasteiger partial charge >= 0.3 is 0 Å². The zero-order chi connectivity index (χ0) is 35.9. The smallest absolute Gasteiger partial charge is 0.297 e. The molecule has 1 amide bonds. The number of rotatable bonds is 11. The highest BCUT2D eigenvalue weighted by atomic mass is 28.4. The van der Waals surface area contributed by atoms with Crippen LogP contribution in [0.15, 0.2) is 108 Å². The lowest BCUT2D eigenvalue weighted by molar-refractivity contribution is -0.146. The van der Waals surface area contributed by atoms with Crippen molar-refractivity contribution < 1.29 is 23.5 Å². The van der Waals surface area contributed by atoms with E-state index in [-0.39, 0.29) is 29.7 Å².